The lowest BCUT2D eigenvalue weighted by Gasteiger charge is -2.27. The van der Waals surface area contributed by atoms with Gasteiger partial charge in [-0.15, -0.1) is 0 Å². The molecule has 1 aromatic rings. The Kier molecular flexibility index (Phi) is 6.11. The molecule has 2 rings (SSSR count). The molecule has 0 unspecified atom stereocenters. The van der Waals surface area contributed by atoms with Gasteiger partial charge in [-0.25, -0.2) is 0 Å². The first-order valence-electron chi connectivity index (χ1n) is 6.51. The third-order valence-corrected chi connectivity index (χ3v) is 2.70. The van der Waals surface area contributed by atoms with Crippen LogP contribution < -0.4 is 15.0 Å². The van der Waals surface area contributed by atoms with Gasteiger partial charge in [-0.3, -0.25) is 14.5 Å². The molecule has 108 valence electrons. The van der Waals surface area contributed by atoms with Crippen LogP contribution in [0.3, 0.4) is 0 Å². The summed E-state index contributed by atoms with van der Waals surface area (Å²) in [6.45, 7) is 6.48. The summed E-state index contributed by atoms with van der Waals surface area (Å²) in [5, 5.41) is 2.58. The maximum absolute atomic E-state index is 11.8. The Bertz CT molecular complexity index is 480. The molecule has 5 nitrogen and oxygen atoms in total. The molecule has 1 heterocycles. The van der Waals surface area contributed by atoms with E-state index in [0.29, 0.717) is 12.3 Å². The van der Waals surface area contributed by atoms with Crippen LogP contribution in [-0.2, 0) is 9.59 Å². The molecule has 1 aromatic carbocycles. The van der Waals surface area contributed by atoms with Gasteiger partial charge in [-0.1, -0.05) is 13.8 Å². The minimum absolute atomic E-state index is 0.111. The van der Waals surface area contributed by atoms with Crippen molar-refractivity contribution in [1.82, 2.24) is 5.32 Å². The summed E-state index contributed by atoms with van der Waals surface area (Å²) in [5.41, 5.74) is 0.619. The maximum Gasteiger partial charge on any atom is 0.242 e. The number of ether oxygens (including phenoxy) is 1. The molecule has 0 spiro atoms. The van der Waals surface area contributed by atoms with E-state index in [1.165, 1.54) is 4.90 Å². The molecular weight excluding hydrogens is 276 g/mol. The summed E-state index contributed by atoms with van der Waals surface area (Å²) in [6, 6.07) is 6.97. The highest BCUT2D eigenvalue weighted by Gasteiger charge is 2.29. The molecule has 1 N–H and O–H groups in total. The molecule has 0 aromatic heterocycles. The van der Waals surface area contributed by atoms with E-state index in [9.17, 15) is 9.59 Å². The van der Waals surface area contributed by atoms with Crippen LogP contribution in [0.25, 0.3) is 0 Å². The van der Waals surface area contributed by atoms with Crippen molar-refractivity contribution in [3.8, 4) is 5.75 Å². The monoisotopic (exact) mass is 294 g/mol. The van der Waals surface area contributed by atoms with E-state index in [0.717, 1.165) is 5.75 Å². The molecule has 0 bridgehead atoms. The lowest BCUT2D eigenvalue weighted by molar-refractivity contribution is -0.127. The van der Waals surface area contributed by atoms with Crippen molar-refractivity contribution in [2.75, 3.05) is 11.5 Å². The molecule has 1 aliphatic rings. The highest BCUT2D eigenvalue weighted by Crippen LogP contribution is 2.21. The van der Waals surface area contributed by atoms with Gasteiger partial charge in [0, 0.05) is 0 Å². The van der Waals surface area contributed by atoms with Crippen molar-refractivity contribution < 1.29 is 14.3 Å². The number of hydrogen-bond acceptors (Lipinski definition) is 4. The zero-order chi connectivity index (χ0) is 15.1. The minimum atomic E-state index is -0.368. The Morgan fingerprint density at radius 2 is 1.85 bits per heavy atom. The molecular formula is C14H18N2O3S. The van der Waals surface area contributed by atoms with Gasteiger partial charge in [0.05, 0.1) is 12.3 Å². The average Bonchev–Trinajstić information content (AvgIpc) is 2.42. The van der Waals surface area contributed by atoms with Gasteiger partial charge in [0.2, 0.25) is 11.8 Å². The lowest BCUT2D eigenvalue weighted by Crippen LogP contribution is -2.52. The van der Waals surface area contributed by atoms with Crippen molar-refractivity contribution in [2.24, 2.45) is 0 Å². The molecule has 2 amide bonds. The van der Waals surface area contributed by atoms with Gasteiger partial charge < -0.3 is 10.1 Å². The lowest BCUT2D eigenvalue weighted by atomic mass is 10.2. The second kappa shape index (κ2) is 7.59. The Labute approximate surface area is 123 Å². The van der Waals surface area contributed by atoms with E-state index >= 15 is 0 Å². The second-order valence-electron chi connectivity index (χ2n) is 3.69. The van der Waals surface area contributed by atoms with E-state index in [1.807, 2.05) is 20.8 Å². The molecule has 0 radical (unpaired) electrons. The van der Waals surface area contributed by atoms with Crippen LogP contribution in [0.4, 0.5) is 5.69 Å². The van der Waals surface area contributed by atoms with E-state index in [4.69, 9.17) is 17.0 Å². The molecule has 0 aliphatic carbocycles. The van der Waals surface area contributed by atoms with E-state index in [1.54, 1.807) is 24.3 Å². The number of nitrogens with one attached hydrogen (secondary N) is 1. The zero-order valence-electron chi connectivity index (χ0n) is 11.8. The first-order chi connectivity index (χ1) is 9.61. The number of carbonyl (C=O) groups excluding carboxylic acids is 2. The summed E-state index contributed by atoms with van der Waals surface area (Å²) in [5.74, 6) is 0.0285. The molecule has 0 saturated carbocycles. The van der Waals surface area contributed by atoms with Crippen LogP contribution in [0.5, 0.6) is 5.75 Å². The van der Waals surface area contributed by atoms with Gasteiger partial charge in [0.15, 0.2) is 5.11 Å². The predicted octanol–water partition coefficient (Wildman–Crippen LogP) is 2.25. The fraction of sp³-hybridized carbons (Fsp3) is 0.357. The minimum Gasteiger partial charge on any atom is -0.494 e. The summed E-state index contributed by atoms with van der Waals surface area (Å²) >= 11 is 4.99. The number of thiocarbonyl (C=S) groups is 1. The number of hydrogen-bond donors (Lipinski definition) is 1. The Hall–Kier alpha value is -1.95. The molecule has 0 atom stereocenters. The van der Waals surface area contributed by atoms with Crippen LogP contribution in [0.15, 0.2) is 24.3 Å². The van der Waals surface area contributed by atoms with Crippen molar-refractivity contribution in [1.29, 1.82) is 0 Å². The topological polar surface area (TPSA) is 58.6 Å². The Balaban J connectivity index is 0.000000956. The normalized spacial score (nSPS) is 14.3. The van der Waals surface area contributed by atoms with Gasteiger partial charge in [-0.2, -0.15) is 0 Å². The smallest absolute Gasteiger partial charge is 0.242 e. The average molecular weight is 294 g/mol. The van der Waals surface area contributed by atoms with Gasteiger partial charge >= 0.3 is 0 Å². The highest BCUT2D eigenvalue weighted by molar-refractivity contribution is 7.80. The standard InChI is InChI=1S/C12H12N2O3S.C2H6/c1-2-17-9-5-3-8(4-6-9)14-11(16)7-10(15)13-12(14)18;1-2/h3-6H,2,7H2,1H3,(H,13,15,18);1-2H3. The summed E-state index contributed by atoms with van der Waals surface area (Å²) in [4.78, 5) is 24.2. The Morgan fingerprint density at radius 1 is 1.25 bits per heavy atom. The van der Waals surface area contributed by atoms with Crippen molar-refractivity contribution in [2.45, 2.75) is 27.2 Å². The number of amides is 2. The van der Waals surface area contributed by atoms with Crippen LogP contribution >= 0.6 is 12.2 Å². The van der Waals surface area contributed by atoms with Gasteiger partial charge in [-0.05, 0) is 43.4 Å². The number of rotatable bonds is 3. The SMILES string of the molecule is CC.CCOc1ccc(N2C(=O)CC(=O)NC2=S)cc1. The van der Waals surface area contributed by atoms with Crippen LogP contribution in [0.2, 0.25) is 0 Å². The van der Waals surface area contributed by atoms with Crippen molar-refractivity contribution >= 4 is 34.8 Å². The number of anilines is 1. The van der Waals surface area contributed by atoms with E-state index < -0.39 is 0 Å². The maximum atomic E-state index is 11.8. The second-order valence-corrected chi connectivity index (χ2v) is 4.07. The zero-order valence-corrected chi connectivity index (χ0v) is 12.6. The van der Waals surface area contributed by atoms with Crippen LogP contribution in [-0.4, -0.2) is 23.5 Å². The van der Waals surface area contributed by atoms with E-state index in [2.05, 4.69) is 5.32 Å². The quantitative estimate of drug-likeness (QED) is 0.686. The Morgan fingerprint density at radius 3 is 2.35 bits per heavy atom. The van der Waals surface area contributed by atoms with Crippen molar-refractivity contribution in [3.05, 3.63) is 24.3 Å². The van der Waals surface area contributed by atoms with Crippen molar-refractivity contribution in [3.63, 3.8) is 0 Å². The molecule has 20 heavy (non-hydrogen) atoms. The first kappa shape index (κ1) is 16.1. The summed E-state index contributed by atoms with van der Waals surface area (Å²) in [7, 11) is 0. The third kappa shape index (κ3) is 3.77. The first-order valence-corrected chi connectivity index (χ1v) is 6.92. The predicted molar refractivity (Wildman–Crippen MR) is 81.8 cm³/mol. The summed E-state index contributed by atoms with van der Waals surface area (Å²) in [6.07, 6.45) is -0.187. The molecule has 6 heteroatoms. The largest absolute Gasteiger partial charge is 0.494 e. The van der Waals surface area contributed by atoms with Gasteiger partial charge in [0.25, 0.3) is 0 Å². The number of nitrogens with zero attached hydrogens (tertiary/aromatic N) is 1. The molecule has 1 aliphatic heterocycles. The molecule has 1 fully saturated rings. The number of carbonyl (C=O) groups is 2. The fourth-order valence-electron chi connectivity index (χ4n) is 1.67. The molecule has 1 saturated heterocycles. The fourth-order valence-corrected chi connectivity index (χ4v) is 1.99. The van der Waals surface area contributed by atoms with Gasteiger partial charge in [0.1, 0.15) is 12.2 Å². The highest BCUT2D eigenvalue weighted by atomic mass is 32.1. The number of benzene rings is 1. The van der Waals surface area contributed by atoms with Crippen LogP contribution in [0, 0.1) is 0 Å². The van der Waals surface area contributed by atoms with E-state index in [-0.39, 0.29) is 23.3 Å². The third-order valence-electron chi connectivity index (χ3n) is 2.42. The van der Waals surface area contributed by atoms with Crippen LogP contribution in [0.1, 0.15) is 27.2 Å². The summed E-state index contributed by atoms with van der Waals surface area (Å²) < 4.78 is 5.31.